The number of nitrogens with one attached hydrogen (secondary N) is 1. The van der Waals surface area contributed by atoms with E-state index >= 15 is 0 Å². The van der Waals surface area contributed by atoms with E-state index in [0.29, 0.717) is 12.0 Å². The van der Waals surface area contributed by atoms with Crippen LogP contribution in [0.15, 0.2) is 41.3 Å². The summed E-state index contributed by atoms with van der Waals surface area (Å²) in [4.78, 5) is 14.6. The van der Waals surface area contributed by atoms with Gasteiger partial charge in [-0.05, 0) is 74.1 Å². The highest BCUT2D eigenvalue weighted by Gasteiger charge is 2.21. The first-order valence-electron chi connectivity index (χ1n) is 9.12. The normalized spacial score (nSPS) is 21.4. The van der Waals surface area contributed by atoms with Gasteiger partial charge in [-0.2, -0.15) is 0 Å². The first kappa shape index (κ1) is 16.8. The second-order valence-electron chi connectivity index (χ2n) is 6.88. The van der Waals surface area contributed by atoms with E-state index in [0.717, 1.165) is 34.9 Å². The van der Waals surface area contributed by atoms with E-state index in [1.807, 2.05) is 25.1 Å². The summed E-state index contributed by atoms with van der Waals surface area (Å²) in [5, 5.41) is 1.67. The minimum atomic E-state index is -0.0403. The van der Waals surface area contributed by atoms with Crippen molar-refractivity contribution in [2.24, 2.45) is 5.92 Å². The number of aromatic nitrogens is 1. The summed E-state index contributed by atoms with van der Waals surface area (Å²) < 4.78 is 6.27. The van der Waals surface area contributed by atoms with Crippen molar-refractivity contribution in [2.45, 2.75) is 58.5 Å². The molecule has 0 atom stereocenters. The van der Waals surface area contributed by atoms with Crippen molar-refractivity contribution < 1.29 is 4.74 Å². The van der Waals surface area contributed by atoms with Crippen LogP contribution in [0.5, 0.6) is 5.75 Å². The van der Waals surface area contributed by atoms with Crippen molar-refractivity contribution in [1.82, 2.24) is 4.98 Å². The van der Waals surface area contributed by atoms with Gasteiger partial charge in [0.1, 0.15) is 5.75 Å². The zero-order valence-corrected chi connectivity index (χ0v) is 14.7. The van der Waals surface area contributed by atoms with Crippen LogP contribution in [0.3, 0.4) is 0 Å². The number of fused-ring (bicyclic) bond motifs is 1. The van der Waals surface area contributed by atoms with Gasteiger partial charge in [0.25, 0.3) is 5.56 Å². The molecule has 1 aliphatic rings. The predicted molar refractivity (Wildman–Crippen MR) is 99.7 cm³/mol. The van der Waals surface area contributed by atoms with Gasteiger partial charge in [0.15, 0.2) is 0 Å². The molecule has 1 N–H and O–H groups in total. The molecule has 0 radical (unpaired) electrons. The summed E-state index contributed by atoms with van der Waals surface area (Å²) in [6.45, 7) is 4.23. The van der Waals surface area contributed by atoms with Crippen LogP contribution >= 0.6 is 0 Å². The predicted octanol–water partition coefficient (Wildman–Crippen LogP) is 5.13. The Balaban J connectivity index is 1.66. The van der Waals surface area contributed by atoms with Crippen molar-refractivity contribution in [3.63, 3.8) is 0 Å². The van der Waals surface area contributed by atoms with Gasteiger partial charge in [-0.25, -0.2) is 0 Å². The molecule has 0 bridgehead atoms. The zero-order chi connectivity index (χ0) is 16.9. The maximum atomic E-state index is 11.9. The lowest BCUT2D eigenvalue weighted by molar-refractivity contribution is 0.140. The third kappa shape index (κ3) is 3.89. The lowest BCUT2D eigenvalue weighted by atomic mass is 9.87. The van der Waals surface area contributed by atoms with Crippen LogP contribution in [0.4, 0.5) is 0 Å². The monoisotopic (exact) mass is 325 g/mol. The molecule has 1 aromatic carbocycles. The van der Waals surface area contributed by atoms with Gasteiger partial charge in [0.05, 0.1) is 6.10 Å². The van der Waals surface area contributed by atoms with Gasteiger partial charge < -0.3 is 9.72 Å². The molecule has 0 amide bonds. The molecule has 0 unspecified atom stereocenters. The number of aryl methyl sites for hydroxylation is 1. The minimum Gasteiger partial charge on any atom is -0.490 e. The molecular formula is C21H27NO2. The van der Waals surface area contributed by atoms with E-state index in [4.69, 9.17) is 4.74 Å². The number of aromatic amines is 1. The van der Waals surface area contributed by atoms with Gasteiger partial charge in [0.2, 0.25) is 0 Å². The second kappa shape index (κ2) is 7.69. The number of H-pyrrole nitrogens is 1. The highest BCUT2D eigenvalue weighted by molar-refractivity contribution is 5.83. The van der Waals surface area contributed by atoms with E-state index < -0.39 is 0 Å². The second-order valence-corrected chi connectivity index (χ2v) is 6.88. The van der Waals surface area contributed by atoms with E-state index in [9.17, 15) is 4.79 Å². The fourth-order valence-corrected chi connectivity index (χ4v) is 3.48. The third-order valence-corrected chi connectivity index (χ3v) is 4.95. The summed E-state index contributed by atoms with van der Waals surface area (Å²) in [6.07, 6.45) is 13.7. The topological polar surface area (TPSA) is 42.1 Å². The Hall–Kier alpha value is -2.03. The maximum Gasteiger partial charge on any atom is 0.255 e. The van der Waals surface area contributed by atoms with Crippen molar-refractivity contribution in [1.29, 1.82) is 0 Å². The summed E-state index contributed by atoms with van der Waals surface area (Å²) in [5.74, 6) is 1.63. The Morgan fingerprint density at radius 3 is 2.79 bits per heavy atom. The first-order chi connectivity index (χ1) is 11.7. The van der Waals surface area contributed by atoms with Gasteiger partial charge >= 0.3 is 0 Å². The largest absolute Gasteiger partial charge is 0.490 e. The molecule has 3 heteroatoms. The number of hydrogen-bond donors (Lipinski definition) is 1. The fraction of sp³-hybridized carbons (Fsp3) is 0.476. The smallest absolute Gasteiger partial charge is 0.255 e. The Bertz CT molecular complexity index is 767. The van der Waals surface area contributed by atoms with Crippen LogP contribution < -0.4 is 10.3 Å². The van der Waals surface area contributed by atoms with Crippen LogP contribution in [0.1, 0.15) is 51.0 Å². The molecule has 3 rings (SSSR count). The highest BCUT2D eigenvalue weighted by atomic mass is 16.5. The van der Waals surface area contributed by atoms with E-state index in [1.165, 1.54) is 25.7 Å². The number of pyridine rings is 1. The average molecular weight is 325 g/mol. The molecule has 0 aliphatic heterocycles. The van der Waals surface area contributed by atoms with E-state index in [-0.39, 0.29) is 5.56 Å². The molecule has 3 nitrogen and oxygen atoms in total. The van der Waals surface area contributed by atoms with Crippen molar-refractivity contribution in [2.75, 3.05) is 0 Å². The van der Waals surface area contributed by atoms with E-state index in [1.54, 1.807) is 6.20 Å². The molecule has 128 valence electrons. The van der Waals surface area contributed by atoms with Crippen LogP contribution in [-0.2, 0) is 0 Å². The molecule has 1 fully saturated rings. The molecule has 1 heterocycles. The summed E-state index contributed by atoms with van der Waals surface area (Å²) >= 11 is 0. The maximum absolute atomic E-state index is 11.9. The number of unbranched alkanes of at least 4 members (excludes halogenated alkanes) is 1. The van der Waals surface area contributed by atoms with Crippen molar-refractivity contribution >= 4 is 10.8 Å². The number of ether oxygens (including phenoxy) is 1. The SMILES string of the molecule is CCC/C=C/C1CCC(Oc2cc3cc[nH]c(=O)c3cc2C)CC1. The lowest BCUT2D eigenvalue weighted by Crippen LogP contribution is -2.23. The Labute approximate surface area is 143 Å². The number of allylic oxidation sites excluding steroid dienone is 2. The van der Waals surface area contributed by atoms with Crippen molar-refractivity contribution in [3.8, 4) is 5.75 Å². The summed E-state index contributed by atoms with van der Waals surface area (Å²) in [7, 11) is 0. The van der Waals surface area contributed by atoms with Crippen LogP contribution in [0.2, 0.25) is 0 Å². The Kier molecular flexibility index (Phi) is 5.39. The molecule has 0 saturated heterocycles. The van der Waals surface area contributed by atoms with Gasteiger partial charge in [-0.15, -0.1) is 0 Å². The molecule has 24 heavy (non-hydrogen) atoms. The van der Waals surface area contributed by atoms with Crippen LogP contribution in [0, 0.1) is 12.8 Å². The van der Waals surface area contributed by atoms with Gasteiger partial charge in [-0.3, -0.25) is 4.79 Å². The first-order valence-corrected chi connectivity index (χ1v) is 9.12. The Morgan fingerprint density at radius 1 is 1.25 bits per heavy atom. The lowest BCUT2D eigenvalue weighted by Gasteiger charge is -2.28. The quantitative estimate of drug-likeness (QED) is 0.774. The molecule has 2 aromatic rings. The van der Waals surface area contributed by atoms with Crippen LogP contribution in [-0.4, -0.2) is 11.1 Å². The zero-order valence-electron chi connectivity index (χ0n) is 14.7. The van der Waals surface area contributed by atoms with Crippen LogP contribution in [0.25, 0.3) is 10.8 Å². The molecular weight excluding hydrogens is 298 g/mol. The molecule has 1 aliphatic carbocycles. The summed E-state index contributed by atoms with van der Waals surface area (Å²) in [5.41, 5.74) is 0.991. The molecule has 1 aromatic heterocycles. The minimum absolute atomic E-state index is 0.0403. The number of benzene rings is 1. The average Bonchev–Trinajstić information content (AvgIpc) is 2.58. The fourth-order valence-electron chi connectivity index (χ4n) is 3.48. The van der Waals surface area contributed by atoms with E-state index in [2.05, 4.69) is 24.1 Å². The number of rotatable bonds is 5. The van der Waals surface area contributed by atoms with Gasteiger partial charge in [0, 0.05) is 11.6 Å². The standard InChI is InChI=1S/C21H27NO2/c1-3-4-5-6-16-7-9-18(10-8-16)24-20-14-17-11-12-22-21(23)19(17)13-15(20)2/h5-6,11-14,16,18H,3-4,7-10H2,1-2H3,(H,22,23)/b6-5+. The number of hydrogen-bond acceptors (Lipinski definition) is 2. The molecule has 0 spiro atoms. The Morgan fingerprint density at radius 2 is 2.04 bits per heavy atom. The van der Waals surface area contributed by atoms with Crippen molar-refractivity contribution in [3.05, 3.63) is 52.5 Å². The van der Waals surface area contributed by atoms with Gasteiger partial charge in [-0.1, -0.05) is 25.5 Å². The molecule has 1 saturated carbocycles. The summed E-state index contributed by atoms with van der Waals surface area (Å²) in [6, 6.07) is 5.87. The third-order valence-electron chi connectivity index (χ3n) is 4.95. The highest BCUT2D eigenvalue weighted by Crippen LogP contribution is 2.31.